The standard InChI is InChI=1S/C24H32O2Si/c1-23(2,3)27(21-14-7-5-8-15-21,22-16-9-6-10-17-22)26-19-20-13-11-12-18-24(20,4)25/h5-10,13-17,25H,11-12,18-19H2,1-4H3. The van der Waals surface area contributed by atoms with Gasteiger partial charge in [-0.1, -0.05) is 87.5 Å². The normalized spacial score (nSPS) is 21.0. The number of hydrogen-bond donors (Lipinski definition) is 1. The van der Waals surface area contributed by atoms with E-state index in [1.54, 1.807) is 0 Å². The van der Waals surface area contributed by atoms with E-state index in [1.807, 2.05) is 6.92 Å². The van der Waals surface area contributed by atoms with Gasteiger partial charge in [0.15, 0.2) is 0 Å². The molecule has 1 aliphatic carbocycles. The van der Waals surface area contributed by atoms with Crippen molar-refractivity contribution in [2.75, 3.05) is 6.61 Å². The first-order valence-corrected chi connectivity index (χ1v) is 11.9. The van der Waals surface area contributed by atoms with Crippen LogP contribution in [0.15, 0.2) is 72.3 Å². The fourth-order valence-electron chi connectivity index (χ4n) is 4.26. The van der Waals surface area contributed by atoms with Gasteiger partial charge in [-0.2, -0.15) is 0 Å². The smallest absolute Gasteiger partial charge is 0.261 e. The molecule has 0 heterocycles. The van der Waals surface area contributed by atoms with Gasteiger partial charge in [-0.15, -0.1) is 0 Å². The van der Waals surface area contributed by atoms with Crippen LogP contribution in [0.2, 0.25) is 5.04 Å². The molecule has 3 rings (SSSR count). The Morgan fingerprint density at radius 2 is 1.48 bits per heavy atom. The molecule has 0 aromatic heterocycles. The highest BCUT2D eigenvalue weighted by Gasteiger charge is 2.50. The fraction of sp³-hybridized carbons (Fsp3) is 0.417. The van der Waals surface area contributed by atoms with Crippen molar-refractivity contribution >= 4 is 18.7 Å². The maximum absolute atomic E-state index is 10.8. The molecule has 2 aromatic carbocycles. The Morgan fingerprint density at radius 3 is 1.93 bits per heavy atom. The van der Waals surface area contributed by atoms with E-state index in [9.17, 15) is 5.11 Å². The van der Waals surface area contributed by atoms with Gasteiger partial charge in [0.2, 0.25) is 0 Å². The Morgan fingerprint density at radius 1 is 0.963 bits per heavy atom. The van der Waals surface area contributed by atoms with Crippen LogP contribution in [0.1, 0.15) is 47.0 Å². The molecule has 3 heteroatoms. The molecule has 0 amide bonds. The van der Waals surface area contributed by atoms with Gasteiger partial charge < -0.3 is 9.53 Å². The van der Waals surface area contributed by atoms with E-state index in [4.69, 9.17) is 4.43 Å². The summed E-state index contributed by atoms with van der Waals surface area (Å²) in [6.07, 6.45) is 5.05. The molecule has 2 nitrogen and oxygen atoms in total. The van der Waals surface area contributed by atoms with Crippen molar-refractivity contribution in [2.45, 2.75) is 57.6 Å². The van der Waals surface area contributed by atoms with Crippen LogP contribution in [0.4, 0.5) is 0 Å². The maximum Gasteiger partial charge on any atom is 0.261 e. The second-order valence-electron chi connectivity index (χ2n) is 8.85. The number of rotatable bonds is 5. The van der Waals surface area contributed by atoms with E-state index < -0.39 is 13.9 Å². The van der Waals surface area contributed by atoms with Crippen molar-refractivity contribution in [3.05, 3.63) is 72.3 Å². The van der Waals surface area contributed by atoms with Crippen molar-refractivity contribution in [2.24, 2.45) is 0 Å². The van der Waals surface area contributed by atoms with Crippen molar-refractivity contribution < 1.29 is 9.53 Å². The van der Waals surface area contributed by atoms with E-state index in [0.717, 1.165) is 24.8 Å². The van der Waals surface area contributed by atoms with Crippen LogP contribution in [0.3, 0.4) is 0 Å². The maximum atomic E-state index is 10.8. The molecule has 1 aliphatic rings. The molecular weight excluding hydrogens is 348 g/mol. The van der Waals surface area contributed by atoms with Crippen molar-refractivity contribution in [1.29, 1.82) is 0 Å². The van der Waals surface area contributed by atoms with Crippen LogP contribution >= 0.6 is 0 Å². The third-order valence-corrected chi connectivity index (χ3v) is 10.8. The zero-order chi connectivity index (χ0) is 19.5. The van der Waals surface area contributed by atoms with Crippen molar-refractivity contribution in [1.82, 2.24) is 0 Å². The molecule has 0 saturated heterocycles. The van der Waals surface area contributed by atoms with Crippen LogP contribution in [0, 0.1) is 0 Å². The van der Waals surface area contributed by atoms with Gasteiger partial charge in [0.25, 0.3) is 8.32 Å². The number of aliphatic hydroxyl groups is 1. The minimum absolute atomic E-state index is 0.0449. The average molecular weight is 381 g/mol. The summed E-state index contributed by atoms with van der Waals surface area (Å²) in [5, 5.41) is 13.4. The quantitative estimate of drug-likeness (QED) is 0.614. The van der Waals surface area contributed by atoms with Crippen molar-refractivity contribution in [3.8, 4) is 0 Å². The van der Waals surface area contributed by atoms with E-state index in [1.165, 1.54) is 10.4 Å². The monoisotopic (exact) mass is 380 g/mol. The summed E-state index contributed by atoms with van der Waals surface area (Å²) in [6.45, 7) is 9.26. The average Bonchev–Trinajstić information content (AvgIpc) is 2.64. The molecule has 27 heavy (non-hydrogen) atoms. The first-order chi connectivity index (χ1) is 12.8. The first kappa shape index (κ1) is 20.1. The summed E-state index contributed by atoms with van der Waals surface area (Å²) in [4.78, 5) is 0. The molecule has 0 spiro atoms. The number of hydrogen-bond acceptors (Lipinski definition) is 2. The Balaban J connectivity index is 2.08. The second-order valence-corrected chi connectivity index (χ2v) is 13.2. The van der Waals surface area contributed by atoms with E-state index in [2.05, 4.69) is 87.5 Å². The summed E-state index contributed by atoms with van der Waals surface area (Å²) in [6, 6.07) is 21.4. The Labute approximate surface area is 165 Å². The van der Waals surface area contributed by atoms with E-state index in [0.29, 0.717) is 6.61 Å². The molecule has 0 fully saturated rings. The van der Waals surface area contributed by atoms with E-state index >= 15 is 0 Å². The summed E-state index contributed by atoms with van der Waals surface area (Å²) >= 11 is 0. The summed E-state index contributed by atoms with van der Waals surface area (Å²) in [7, 11) is -2.55. The zero-order valence-corrected chi connectivity index (χ0v) is 18.0. The van der Waals surface area contributed by atoms with E-state index in [-0.39, 0.29) is 5.04 Å². The van der Waals surface area contributed by atoms with Crippen LogP contribution in [0.5, 0.6) is 0 Å². The van der Waals surface area contributed by atoms with Crippen LogP contribution in [0.25, 0.3) is 0 Å². The molecule has 2 aromatic rings. The summed E-state index contributed by atoms with van der Waals surface area (Å²) in [5.41, 5.74) is 0.269. The van der Waals surface area contributed by atoms with Crippen LogP contribution in [-0.2, 0) is 4.43 Å². The SMILES string of the molecule is CC1(O)CCCC=C1CO[Si](c1ccccc1)(c1ccccc1)C(C)(C)C. The predicted molar refractivity (Wildman–Crippen MR) is 116 cm³/mol. The third-order valence-electron chi connectivity index (χ3n) is 5.81. The minimum atomic E-state index is -2.55. The third kappa shape index (κ3) is 3.96. The zero-order valence-electron chi connectivity index (χ0n) is 17.0. The molecule has 0 radical (unpaired) electrons. The Hall–Kier alpha value is -1.68. The molecule has 1 atom stereocenters. The summed E-state index contributed by atoms with van der Waals surface area (Å²) in [5.74, 6) is 0. The molecule has 0 saturated carbocycles. The molecule has 0 aliphatic heterocycles. The summed E-state index contributed by atoms with van der Waals surface area (Å²) < 4.78 is 6.95. The van der Waals surface area contributed by atoms with Gasteiger partial charge in [0.1, 0.15) is 0 Å². The largest absolute Gasteiger partial charge is 0.403 e. The van der Waals surface area contributed by atoms with Crippen LogP contribution < -0.4 is 10.4 Å². The first-order valence-electron chi connectivity index (χ1n) is 9.94. The minimum Gasteiger partial charge on any atom is -0.403 e. The highest BCUT2D eigenvalue weighted by Crippen LogP contribution is 2.38. The van der Waals surface area contributed by atoms with Gasteiger partial charge >= 0.3 is 0 Å². The fourth-order valence-corrected chi connectivity index (χ4v) is 8.79. The highest BCUT2D eigenvalue weighted by molar-refractivity contribution is 6.99. The lowest BCUT2D eigenvalue weighted by Gasteiger charge is -2.44. The predicted octanol–water partition coefficient (Wildman–Crippen LogP) is 4.42. The molecular formula is C24H32O2Si. The topological polar surface area (TPSA) is 29.5 Å². The Bertz CT molecular complexity index is 734. The lowest BCUT2D eigenvalue weighted by atomic mass is 9.85. The molecule has 1 unspecified atom stereocenters. The van der Waals surface area contributed by atoms with Gasteiger partial charge in [0.05, 0.1) is 12.2 Å². The lowest BCUT2D eigenvalue weighted by molar-refractivity contribution is 0.0696. The molecule has 1 N–H and O–H groups in total. The van der Waals surface area contributed by atoms with Crippen molar-refractivity contribution in [3.63, 3.8) is 0 Å². The van der Waals surface area contributed by atoms with Crippen LogP contribution in [-0.4, -0.2) is 25.6 Å². The number of allylic oxidation sites excluding steroid dienone is 1. The van der Waals surface area contributed by atoms with Gasteiger partial charge in [0, 0.05) is 0 Å². The van der Waals surface area contributed by atoms with Gasteiger partial charge in [-0.3, -0.25) is 0 Å². The molecule has 0 bridgehead atoms. The second kappa shape index (κ2) is 7.74. The van der Waals surface area contributed by atoms with Gasteiger partial charge in [-0.25, -0.2) is 0 Å². The lowest BCUT2D eigenvalue weighted by Crippen LogP contribution is -2.66. The highest BCUT2D eigenvalue weighted by atomic mass is 28.4. The number of benzene rings is 2. The Kier molecular flexibility index (Phi) is 5.75. The van der Waals surface area contributed by atoms with Gasteiger partial charge in [-0.05, 0) is 47.2 Å². The molecule has 144 valence electrons.